The molecule has 0 radical (unpaired) electrons. The van der Waals surface area contributed by atoms with Crippen molar-refractivity contribution in [3.05, 3.63) is 42.2 Å². The summed E-state index contributed by atoms with van der Waals surface area (Å²) in [6.45, 7) is 5.78. The van der Waals surface area contributed by atoms with Crippen LogP contribution in [0.25, 0.3) is 11.3 Å². The van der Waals surface area contributed by atoms with Crippen LogP contribution in [-0.4, -0.2) is 28.3 Å². The van der Waals surface area contributed by atoms with Crippen LogP contribution in [0.4, 0.5) is 0 Å². The number of hydrogen-bond acceptors (Lipinski definition) is 4. The van der Waals surface area contributed by atoms with Gasteiger partial charge in [-0.2, -0.15) is 0 Å². The lowest BCUT2D eigenvalue weighted by molar-refractivity contribution is 0.00578. The van der Waals surface area contributed by atoms with E-state index in [4.69, 9.17) is 13.4 Å². The first-order valence-corrected chi connectivity index (χ1v) is 7.28. The molecular weight excluding hydrogens is 275 g/mol. The second kappa shape index (κ2) is 5.18. The summed E-state index contributed by atoms with van der Waals surface area (Å²) in [5.41, 5.74) is 1.31. The average molecular weight is 299 g/mol. The average Bonchev–Trinajstić information content (AvgIpc) is 2.75. The van der Waals surface area contributed by atoms with Crippen LogP contribution in [0.1, 0.15) is 37.4 Å². The van der Waals surface area contributed by atoms with Gasteiger partial charge in [-0.3, -0.25) is 9.97 Å². The third-order valence-corrected chi connectivity index (χ3v) is 4.32. The normalized spacial score (nSPS) is 22.0. The van der Waals surface area contributed by atoms with Crippen molar-refractivity contribution in [2.75, 3.05) is 0 Å². The Kier molecular flexibility index (Phi) is 2.78. The fraction of sp³-hybridized carbons (Fsp3) is 0.412. The molecule has 0 saturated carbocycles. The van der Waals surface area contributed by atoms with Crippen LogP contribution in [-0.2, 0) is 9.31 Å². The topological polar surface area (TPSA) is 44.2 Å². The number of benzene rings is 1. The molecule has 1 aromatic heterocycles. The SMILES string of the molecule is [2H]C([2H])([2H])c1cccc(-c2cnc(B3OC(C)(C)C(C)(C)O3)cn2)c1. The third-order valence-electron chi connectivity index (χ3n) is 4.32. The molecule has 0 spiro atoms. The molecule has 0 N–H and O–H groups in total. The van der Waals surface area contributed by atoms with Crippen LogP contribution in [0, 0.1) is 6.85 Å². The molecule has 1 saturated heterocycles. The highest BCUT2D eigenvalue weighted by Gasteiger charge is 2.52. The zero-order valence-electron chi connectivity index (χ0n) is 16.3. The molecule has 2 aromatic rings. The van der Waals surface area contributed by atoms with E-state index in [9.17, 15) is 0 Å². The first kappa shape index (κ1) is 11.8. The monoisotopic (exact) mass is 299 g/mol. The molecule has 5 heteroatoms. The molecule has 0 amide bonds. The molecule has 0 unspecified atom stereocenters. The van der Waals surface area contributed by atoms with E-state index < -0.39 is 25.2 Å². The summed E-state index contributed by atoms with van der Waals surface area (Å²) in [6, 6.07) is 6.72. The summed E-state index contributed by atoms with van der Waals surface area (Å²) in [6.07, 6.45) is 3.22. The van der Waals surface area contributed by atoms with Crippen LogP contribution in [0.3, 0.4) is 0 Å². The van der Waals surface area contributed by atoms with Gasteiger partial charge < -0.3 is 9.31 Å². The highest BCUT2D eigenvalue weighted by Crippen LogP contribution is 2.36. The van der Waals surface area contributed by atoms with Gasteiger partial charge in [0.1, 0.15) is 0 Å². The van der Waals surface area contributed by atoms with Crippen LogP contribution in [0.2, 0.25) is 0 Å². The quantitative estimate of drug-likeness (QED) is 0.800. The van der Waals surface area contributed by atoms with Gasteiger partial charge in [-0.25, -0.2) is 0 Å². The molecule has 4 nitrogen and oxygen atoms in total. The molecule has 114 valence electrons. The molecule has 1 aliphatic heterocycles. The predicted octanol–water partition coefficient (Wildman–Crippen LogP) is 2.75. The first-order valence-electron chi connectivity index (χ1n) is 8.78. The number of aromatic nitrogens is 2. The third kappa shape index (κ3) is 2.66. The fourth-order valence-corrected chi connectivity index (χ4v) is 2.25. The first-order chi connectivity index (χ1) is 11.5. The van der Waals surface area contributed by atoms with Gasteiger partial charge in [0, 0.05) is 15.9 Å². The molecule has 1 aliphatic rings. The Bertz CT molecular complexity index is 760. The second-order valence-corrected chi connectivity index (χ2v) is 6.50. The highest BCUT2D eigenvalue weighted by molar-refractivity contribution is 6.61. The minimum absolute atomic E-state index is 0.279. The number of aryl methyl sites for hydroxylation is 1. The van der Waals surface area contributed by atoms with Gasteiger partial charge in [-0.05, 0) is 40.6 Å². The molecule has 0 aliphatic carbocycles. The molecule has 1 fully saturated rings. The Hall–Kier alpha value is -1.72. The maximum atomic E-state index is 7.52. The summed E-state index contributed by atoms with van der Waals surface area (Å²) < 4.78 is 34.5. The van der Waals surface area contributed by atoms with E-state index in [1.807, 2.05) is 33.8 Å². The standard InChI is InChI=1S/C17H21BN2O2/c1-12-7-6-8-13(9-12)14-10-20-15(11-19-14)18-21-16(2,3)17(4,5)22-18/h6-11H,1-5H3/i1D3. The summed E-state index contributed by atoms with van der Waals surface area (Å²) in [4.78, 5) is 8.81. The largest absolute Gasteiger partial charge is 0.516 e. The van der Waals surface area contributed by atoms with Crippen LogP contribution >= 0.6 is 0 Å². The van der Waals surface area contributed by atoms with E-state index in [-0.39, 0.29) is 5.56 Å². The van der Waals surface area contributed by atoms with E-state index in [1.165, 1.54) is 0 Å². The van der Waals surface area contributed by atoms with Crippen molar-refractivity contribution in [2.24, 2.45) is 0 Å². The van der Waals surface area contributed by atoms with Gasteiger partial charge in [0.2, 0.25) is 0 Å². The molecule has 1 aromatic carbocycles. The van der Waals surface area contributed by atoms with Crippen molar-refractivity contribution in [1.29, 1.82) is 0 Å². The van der Waals surface area contributed by atoms with Crippen LogP contribution < -0.4 is 5.59 Å². The maximum absolute atomic E-state index is 7.52. The molecule has 0 atom stereocenters. The Morgan fingerprint density at radius 3 is 2.36 bits per heavy atom. The van der Waals surface area contributed by atoms with Crippen LogP contribution in [0.15, 0.2) is 36.7 Å². The van der Waals surface area contributed by atoms with Crippen molar-refractivity contribution in [1.82, 2.24) is 9.97 Å². The molecule has 2 heterocycles. The number of hydrogen-bond donors (Lipinski definition) is 0. The van der Waals surface area contributed by atoms with Crippen molar-refractivity contribution in [2.45, 2.75) is 45.7 Å². The van der Waals surface area contributed by atoms with Crippen molar-refractivity contribution in [3.63, 3.8) is 0 Å². The van der Waals surface area contributed by atoms with E-state index in [1.54, 1.807) is 30.6 Å². The lowest BCUT2D eigenvalue weighted by Gasteiger charge is -2.32. The minimum Gasteiger partial charge on any atom is -0.398 e. The lowest BCUT2D eigenvalue weighted by Crippen LogP contribution is -2.41. The van der Waals surface area contributed by atoms with Crippen molar-refractivity contribution in [3.8, 4) is 11.3 Å². The highest BCUT2D eigenvalue weighted by atomic mass is 16.7. The van der Waals surface area contributed by atoms with Gasteiger partial charge in [0.15, 0.2) is 0 Å². The minimum atomic E-state index is -2.15. The van der Waals surface area contributed by atoms with Gasteiger partial charge in [-0.1, -0.05) is 23.8 Å². The van der Waals surface area contributed by atoms with Crippen molar-refractivity contribution < 1.29 is 13.4 Å². The maximum Gasteiger partial charge on any atom is 0.516 e. The van der Waals surface area contributed by atoms with Gasteiger partial charge >= 0.3 is 7.12 Å². The number of rotatable bonds is 2. The molecule has 3 rings (SSSR count). The summed E-state index contributed by atoms with van der Waals surface area (Å²) in [5.74, 6) is 0. The van der Waals surface area contributed by atoms with Crippen LogP contribution in [0.5, 0.6) is 0 Å². The summed E-state index contributed by atoms with van der Waals surface area (Å²) in [5, 5.41) is 0. The van der Waals surface area contributed by atoms with E-state index >= 15 is 0 Å². The Labute approximate surface area is 136 Å². The van der Waals surface area contributed by atoms with E-state index in [2.05, 4.69) is 9.97 Å². The fourth-order valence-electron chi connectivity index (χ4n) is 2.25. The Morgan fingerprint density at radius 2 is 1.77 bits per heavy atom. The Balaban J connectivity index is 1.85. The number of nitrogens with zero attached hydrogens (tertiary/aromatic N) is 2. The van der Waals surface area contributed by atoms with Crippen molar-refractivity contribution >= 4 is 12.7 Å². The Morgan fingerprint density at radius 1 is 1.05 bits per heavy atom. The van der Waals surface area contributed by atoms with Gasteiger partial charge in [-0.15, -0.1) is 0 Å². The second-order valence-electron chi connectivity index (χ2n) is 6.50. The molecular formula is C17H21BN2O2. The molecule has 0 bridgehead atoms. The summed E-state index contributed by atoms with van der Waals surface area (Å²) in [7, 11) is -0.569. The van der Waals surface area contributed by atoms with E-state index in [0.29, 0.717) is 16.9 Å². The predicted molar refractivity (Wildman–Crippen MR) is 87.9 cm³/mol. The van der Waals surface area contributed by atoms with Gasteiger partial charge in [0.25, 0.3) is 0 Å². The smallest absolute Gasteiger partial charge is 0.398 e. The zero-order chi connectivity index (χ0) is 18.5. The van der Waals surface area contributed by atoms with Gasteiger partial charge in [0.05, 0.1) is 28.7 Å². The summed E-state index contributed by atoms with van der Waals surface area (Å²) >= 11 is 0. The lowest BCUT2D eigenvalue weighted by atomic mass is 9.85. The van der Waals surface area contributed by atoms with E-state index in [0.717, 1.165) is 0 Å². The zero-order valence-corrected chi connectivity index (χ0v) is 13.3. The molecule has 22 heavy (non-hydrogen) atoms.